The molecule has 2 aromatic rings. The van der Waals surface area contributed by atoms with Gasteiger partial charge < -0.3 is 14.8 Å². The molecule has 0 unspecified atom stereocenters. The fourth-order valence-electron chi connectivity index (χ4n) is 2.08. The van der Waals surface area contributed by atoms with Crippen LogP contribution in [0, 0.1) is 5.92 Å². The maximum atomic E-state index is 12.5. The molecule has 4 nitrogen and oxygen atoms in total. The first kappa shape index (κ1) is 18.6. The van der Waals surface area contributed by atoms with Crippen LogP contribution >= 0.6 is 0 Å². The summed E-state index contributed by atoms with van der Waals surface area (Å²) in [5.41, 5.74) is 2.17. The van der Waals surface area contributed by atoms with E-state index < -0.39 is 0 Å². The Morgan fingerprint density at radius 2 is 1.76 bits per heavy atom. The molecule has 0 spiro atoms. The van der Waals surface area contributed by atoms with E-state index in [-0.39, 0.29) is 5.91 Å². The zero-order chi connectivity index (χ0) is 18.2. The van der Waals surface area contributed by atoms with Gasteiger partial charge in [-0.15, -0.1) is 0 Å². The number of anilines is 1. The van der Waals surface area contributed by atoms with Crippen molar-refractivity contribution in [3.63, 3.8) is 0 Å². The van der Waals surface area contributed by atoms with Crippen LogP contribution in [0.25, 0.3) is 0 Å². The van der Waals surface area contributed by atoms with Gasteiger partial charge in [0.2, 0.25) is 0 Å². The van der Waals surface area contributed by atoms with E-state index in [9.17, 15) is 4.79 Å². The van der Waals surface area contributed by atoms with Crippen LogP contribution in [-0.2, 0) is 0 Å². The molecule has 0 aliphatic heterocycles. The van der Waals surface area contributed by atoms with E-state index in [4.69, 9.17) is 9.47 Å². The smallest absolute Gasteiger partial charge is 0.259 e. The van der Waals surface area contributed by atoms with Crippen molar-refractivity contribution < 1.29 is 14.3 Å². The van der Waals surface area contributed by atoms with Crippen LogP contribution in [0.2, 0.25) is 0 Å². The number of amides is 1. The largest absolute Gasteiger partial charge is 0.492 e. The van der Waals surface area contributed by atoms with Gasteiger partial charge in [-0.2, -0.15) is 0 Å². The van der Waals surface area contributed by atoms with Crippen molar-refractivity contribution in [2.75, 3.05) is 18.5 Å². The standard InChI is InChI=1S/C21H25NO3/c1-15(2)13-24-18-11-9-17(10-12-18)22-21(23)19-7-5-6-8-20(19)25-14-16(3)4/h5-12,16H,1,13-14H2,2-4H3,(H,22,23). The van der Waals surface area contributed by atoms with Gasteiger partial charge in [-0.1, -0.05) is 32.6 Å². The van der Waals surface area contributed by atoms with Gasteiger partial charge in [-0.05, 0) is 54.8 Å². The highest BCUT2D eigenvalue weighted by Gasteiger charge is 2.13. The molecule has 2 rings (SSSR count). The maximum absolute atomic E-state index is 12.5. The van der Waals surface area contributed by atoms with Crippen LogP contribution in [0.3, 0.4) is 0 Å². The van der Waals surface area contributed by atoms with Crippen molar-refractivity contribution in [1.82, 2.24) is 0 Å². The molecule has 0 aliphatic rings. The lowest BCUT2D eigenvalue weighted by molar-refractivity contribution is 0.102. The van der Waals surface area contributed by atoms with Crippen molar-refractivity contribution in [1.29, 1.82) is 0 Å². The number of nitrogens with one attached hydrogen (secondary N) is 1. The highest BCUT2D eigenvalue weighted by atomic mass is 16.5. The number of benzene rings is 2. The van der Waals surface area contributed by atoms with E-state index in [0.29, 0.717) is 36.1 Å². The number of ether oxygens (including phenoxy) is 2. The summed E-state index contributed by atoms with van der Waals surface area (Å²) in [5, 5.41) is 2.89. The molecule has 0 saturated carbocycles. The molecule has 0 heterocycles. The minimum absolute atomic E-state index is 0.199. The van der Waals surface area contributed by atoms with E-state index in [1.807, 2.05) is 49.4 Å². The number of para-hydroxylation sites is 1. The molecule has 4 heteroatoms. The van der Waals surface area contributed by atoms with Crippen molar-refractivity contribution in [2.45, 2.75) is 20.8 Å². The Kier molecular flexibility index (Phi) is 6.63. The quantitative estimate of drug-likeness (QED) is 0.694. The maximum Gasteiger partial charge on any atom is 0.259 e. The predicted octanol–water partition coefficient (Wildman–Crippen LogP) is 4.93. The summed E-state index contributed by atoms with van der Waals surface area (Å²) < 4.78 is 11.3. The summed E-state index contributed by atoms with van der Waals surface area (Å²) in [5.74, 6) is 1.52. The molecule has 0 aromatic heterocycles. The Hall–Kier alpha value is -2.75. The molecule has 0 fully saturated rings. The first-order chi connectivity index (χ1) is 12.0. The number of carbonyl (C=O) groups is 1. The zero-order valence-corrected chi connectivity index (χ0v) is 15.0. The summed E-state index contributed by atoms with van der Waals surface area (Å²) in [6, 6.07) is 14.5. The van der Waals surface area contributed by atoms with E-state index in [1.54, 1.807) is 6.07 Å². The number of hydrogen-bond acceptors (Lipinski definition) is 3. The highest BCUT2D eigenvalue weighted by molar-refractivity contribution is 6.06. The van der Waals surface area contributed by atoms with Gasteiger partial charge in [0.15, 0.2) is 0 Å². The predicted molar refractivity (Wildman–Crippen MR) is 101 cm³/mol. The Morgan fingerprint density at radius 1 is 1.08 bits per heavy atom. The normalized spacial score (nSPS) is 10.4. The van der Waals surface area contributed by atoms with Gasteiger partial charge in [-0.25, -0.2) is 0 Å². The van der Waals surface area contributed by atoms with Crippen LogP contribution < -0.4 is 14.8 Å². The van der Waals surface area contributed by atoms with Crippen molar-refractivity contribution in [3.05, 3.63) is 66.2 Å². The van der Waals surface area contributed by atoms with E-state index in [2.05, 4.69) is 25.7 Å². The van der Waals surface area contributed by atoms with E-state index >= 15 is 0 Å². The fraction of sp³-hybridized carbons (Fsp3) is 0.286. The third-order valence-electron chi connectivity index (χ3n) is 3.30. The third kappa shape index (κ3) is 5.99. The average Bonchev–Trinajstić information content (AvgIpc) is 2.59. The third-order valence-corrected chi connectivity index (χ3v) is 3.30. The summed E-state index contributed by atoms with van der Waals surface area (Å²) >= 11 is 0. The van der Waals surface area contributed by atoms with Crippen LogP contribution in [-0.4, -0.2) is 19.1 Å². The Bertz CT molecular complexity index is 720. The number of rotatable bonds is 8. The van der Waals surface area contributed by atoms with Gasteiger partial charge in [-0.3, -0.25) is 4.79 Å². The first-order valence-corrected chi connectivity index (χ1v) is 8.36. The summed E-state index contributed by atoms with van der Waals surface area (Å²) in [6.07, 6.45) is 0. The van der Waals surface area contributed by atoms with Crippen molar-refractivity contribution in [2.24, 2.45) is 5.92 Å². The van der Waals surface area contributed by atoms with E-state index in [1.165, 1.54) is 0 Å². The second-order valence-corrected chi connectivity index (χ2v) is 6.43. The van der Waals surface area contributed by atoms with Crippen molar-refractivity contribution >= 4 is 11.6 Å². The van der Waals surface area contributed by atoms with Gasteiger partial charge in [0.25, 0.3) is 5.91 Å². The van der Waals surface area contributed by atoms with Crippen LogP contribution in [0.5, 0.6) is 11.5 Å². The summed E-state index contributed by atoms with van der Waals surface area (Å²) in [7, 11) is 0. The van der Waals surface area contributed by atoms with E-state index in [0.717, 1.165) is 11.3 Å². The Balaban J connectivity index is 2.03. The minimum Gasteiger partial charge on any atom is -0.492 e. The molecule has 0 saturated heterocycles. The number of carbonyl (C=O) groups excluding carboxylic acids is 1. The summed E-state index contributed by atoms with van der Waals surface area (Å²) in [6.45, 7) is 10.9. The van der Waals surface area contributed by atoms with Gasteiger partial charge in [0.05, 0.1) is 12.2 Å². The highest BCUT2D eigenvalue weighted by Crippen LogP contribution is 2.22. The first-order valence-electron chi connectivity index (χ1n) is 8.36. The lowest BCUT2D eigenvalue weighted by Gasteiger charge is -2.13. The molecule has 132 valence electrons. The second-order valence-electron chi connectivity index (χ2n) is 6.43. The molecule has 0 bridgehead atoms. The van der Waals surface area contributed by atoms with Crippen molar-refractivity contribution in [3.8, 4) is 11.5 Å². The van der Waals surface area contributed by atoms with Crippen LogP contribution in [0.15, 0.2) is 60.7 Å². The molecule has 2 aromatic carbocycles. The molecule has 0 radical (unpaired) electrons. The molecular formula is C21H25NO3. The summed E-state index contributed by atoms with van der Waals surface area (Å²) in [4.78, 5) is 12.5. The molecule has 1 N–H and O–H groups in total. The van der Waals surface area contributed by atoms with Gasteiger partial charge in [0, 0.05) is 5.69 Å². The van der Waals surface area contributed by atoms with Crippen LogP contribution in [0.1, 0.15) is 31.1 Å². The average molecular weight is 339 g/mol. The fourth-order valence-corrected chi connectivity index (χ4v) is 2.08. The lowest BCUT2D eigenvalue weighted by Crippen LogP contribution is -2.15. The van der Waals surface area contributed by atoms with Gasteiger partial charge in [0.1, 0.15) is 18.1 Å². The molecule has 25 heavy (non-hydrogen) atoms. The zero-order valence-electron chi connectivity index (χ0n) is 15.0. The lowest BCUT2D eigenvalue weighted by atomic mass is 10.1. The molecule has 1 amide bonds. The number of hydrogen-bond donors (Lipinski definition) is 1. The second kappa shape index (κ2) is 8.92. The SMILES string of the molecule is C=C(C)COc1ccc(NC(=O)c2ccccc2OCC(C)C)cc1. The topological polar surface area (TPSA) is 47.6 Å². The minimum atomic E-state index is -0.199. The van der Waals surface area contributed by atoms with Gasteiger partial charge >= 0.3 is 0 Å². The molecular weight excluding hydrogens is 314 g/mol. The monoisotopic (exact) mass is 339 g/mol. The molecule has 0 atom stereocenters. The molecule has 0 aliphatic carbocycles. The Labute approximate surface area is 149 Å². The Morgan fingerprint density at radius 3 is 2.40 bits per heavy atom. The van der Waals surface area contributed by atoms with Crippen LogP contribution in [0.4, 0.5) is 5.69 Å².